The van der Waals surface area contributed by atoms with E-state index in [1.165, 1.54) is 50.2 Å². The SMILES string of the molecule is CN1CCCCCC1=Nc1cccc(N=C2CCCCCN2C)c1. The lowest BCUT2D eigenvalue weighted by molar-refractivity contribution is 0.494. The van der Waals surface area contributed by atoms with Crippen LogP contribution in [0, 0.1) is 0 Å². The van der Waals surface area contributed by atoms with Gasteiger partial charge in [-0.2, -0.15) is 0 Å². The number of nitrogens with zero attached hydrogens (tertiary/aromatic N) is 4. The molecular formula is C20H30N4. The van der Waals surface area contributed by atoms with E-state index in [1.54, 1.807) is 0 Å². The fourth-order valence-corrected chi connectivity index (χ4v) is 3.47. The van der Waals surface area contributed by atoms with Crippen LogP contribution in [0.3, 0.4) is 0 Å². The molecule has 24 heavy (non-hydrogen) atoms. The van der Waals surface area contributed by atoms with E-state index in [0.29, 0.717) is 0 Å². The van der Waals surface area contributed by atoms with E-state index < -0.39 is 0 Å². The Morgan fingerprint density at radius 1 is 0.708 bits per heavy atom. The van der Waals surface area contributed by atoms with Gasteiger partial charge in [0.2, 0.25) is 0 Å². The van der Waals surface area contributed by atoms with Gasteiger partial charge in [0, 0.05) is 40.0 Å². The molecule has 0 atom stereocenters. The molecule has 4 nitrogen and oxygen atoms in total. The molecule has 0 amide bonds. The zero-order chi connectivity index (χ0) is 16.8. The van der Waals surface area contributed by atoms with Gasteiger partial charge in [0.25, 0.3) is 0 Å². The summed E-state index contributed by atoms with van der Waals surface area (Å²) in [5.41, 5.74) is 2.05. The lowest BCUT2D eigenvalue weighted by atomic mass is 10.2. The van der Waals surface area contributed by atoms with Crippen LogP contribution in [0.4, 0.5) is 11.4 Å². The maximum absolute atomic E-state index is 4.91. The van der Waals surface area contributed by atoms with E-state index in [0.717, 1.165) is 37.3 Å². The molecule has 2 heterocycles. The normalized spacial score (nSPS) is 23.4. The number of benzene rings is 1. The third-order valence-corrected chi connectivity index (χ3v) is 5.02. The van der Waals surface area contributed by atoms with Gasteiger partial charge < -0.3 is 9.80 Å². The van der Waals surface area contributed by atoms with Gasteiger partial charge in [0.15, 0.2) is 0 Å². The largest absolute Gasteiger partial charge is 0.363 e. The molecule has 0 aromatic heterocycles. The number of rotatable bonds is 2. The molecule has 1 aromatic rings. The van der Waals surface area contributed by atoms with Gasteiger partial charge in [-0.1, -0.05) is 18.9 Å². The molecular weight excluding hydrogens is 296 g/mol. The fraction of sp³-hybridized carbons (Fsp3) is 0.600. The van der Waals surface area contributed by atoms with Crippen molar-refractivity contribution in [1.82, 2.24) is 9.80 Å². The summed E-state index contributed by atoms with van der Waals surface area (Å²) in [4.78, 5) is 14.4. The average Bonchev–Trinajstić information content (AvgIpc) is 2.90. The Labute approximate surface area is 146 Å². The molecule has 4 heteroatoms. The van der Waals surface area contributed by atoms with E-state index in [2.05, 4.69) is 48.2 Å². The summed E-state index contributed by atoms with van der Waals surface area (Å²) in [6, 6.07) is 8.38. The number of hydrogen-bond acceptors (Lipinski definition) is 2. The van der Waals surface area contributed by atoms with Crippen LogP contribution < -0.4 is 0 Å². The summed E-state index contributed by atoms with van der Waals surface area (Å²) in [5.74, 6) is 2.42. The first-order chi connectivity index (χ1) is 11.7. The molecule has 2 aliphatic heterocycles. The van der Waals surface area contributed by atoms with Crippen LogP contribution in [0.1, 0.15) is 51.4 Å². The van der Waals surface area contributed by atoms with Gasteiger partial charge in [-0.15, -0.1) is 0 Å². The first-order valence-corrected chi connectivity index (χ1v) is 9.40. The molecule has 0 bridgehead atoms. The maximum atomic E-state index is 4.91. The molecule has 0 radical (unpaired) electrons. The number of aliphatic imine (C=N–C) groups is 2. The standard InChI is InChI=1S/C20H30N4/c1-23-14-7-3-5-12-19(23)21-17-10-9-11-18(16-17)22-20-13-6-4-8-15-24(20)2/h9-11,16H,3-8,12-15H2,1-2H3. The third kappa shape index (κ3) is 4.59. The predicted octanol–water partition coefficient (Wildman–Crippen LogP) is 4.76. The van der Waals surface area contributed by atoms with Crippen LogP contribution in [0.2, 0.25) is 0 Å². The number of hydrogen-bond donors (Lipinski definition) is 0. The summed E-state index contributed by atoms with van der Waals surface area (Å²) < 4.78 is 0. The van der Waals surface area contributed by atoms with E-state index in [4.69, 9.17) is 9.98 Å². The zero-order valence-electron chi connectivity index (χ0n) is 15.2. The van der Waals surface area contributed by atoms with E-state index in [1.807, 2.05) is 0 Å². The number of likely N-dealkylation sites (tertiary alicyclic amines) is 2. The molecule has 2 saturated heterocycles. The molecule has 2 fully saturated rings. The first-order valence-electron chi connectivity index (χ1n) is 9.40. The second-order valence-corrected chi connectivity index (χ2v) is 7.04. The molecule has 0 aliphatic carbocycles. The molecule has 1 aromatic carbocycles. The quantitative estimate of drug-likeness (QED) is 0.784. The minimum absolute atomic E-state index is 1.02. The van der Waals surface area contributed by atoms with Crippen molar-refractivity contribution in [2.45, 2.75) is 51.4 Å². The summed E-state index contributed by atoms with van der Waals surface area (Å²) in [6.07, 6.45) is 9.82. The first kappa shape index (κ1) is 17.0. The van der Waals surface area contributed by atoms with Crippen molar-refractivity contribution in [3.63, 3.8) is 0 Å². The van der Waals surface area contributed by atoms with E-state index in [9.17, 15) is 0 Å². The Bertz CT molecular complexity index is 556. The highest BCUT2D eigenvalue weighted by Gasteiger charge is 2.12. The van der Waals surface area contributed by atoms with Gasteiger partial charge in [-0.25, -0.2) is 9.98 Å². The Morgan fingerprint density at radius 3 is 1.71 bits per heavy atom. The van der Waals surface area contributed by atoms with Crippen LogP contribution in [-0.4, -0.2) is 48.7 Å². The molecule has 0 spiro atoms. The van der Waals surface area contributed by atoms with E-state index in [-0.39, 0.29) is 0 Å². The molecule has 3 rings (SSSR count). The van der Waals surface area contributed by atoms with Crippen molar-refractivity contribution < 1.29 is 0 Å². The highest BCUT2D eigenvalue weighted by atomic mass is 15.2. The summed E-state index contributed by atoms with van der Waals surface area (Å²) in [5, 5.41) is 0. The lowest BCUT2D eigenvalue weighted by Gasteiger charge is -2.19. The summed E-state index contributed by atoms with van der Waals surface area (Å²) >= 11 is 0. The van der Waals surface area contributed by atoms with Gasteiger partial charge >= 0.3 is 0 Å². The Balaban J connectivity index is 1.80. The van der Waals surface area contributed by atoms with Gasteiger partial charge in [-0.3, -0.25) is 0 Å². The predicted molar refractivity (Wildman–Crippen MR) is 103 cm³/mol. The van der Waals surface area contributed by atoms with Crippen LogP contribution in [-0.2, 0) is 0 Å². The van der Waals surface area contributed by atoms with Gasteiger partial charge in [0.1, 0.15) is 11.7 Å². The van der Waals surface area contributed by atoms with Crippen molar-refractivity contribution in [1.29, 1.82) is 0 Å². The fourth-order valence-electron chi connectivity index (χ4n) is 3.47. The third-order valence-electron chi connectivity index (χ3n) is 5.02. The Hall–Kier alpha value is -1.84. The highest BCUT2D eigenvalue weighted by Crippen LogP contribution is 2.24. The van der Waals surface area contributed by atoms with Crippen molar-refractivity contribution in [2.75, 3.05) is 27.2 Å². The molecule has 0 unspecified atom stereocenters. The smallest absolute Gasteiger partial charge is 0.105 e. The van der Waals surface area contributed by atoms with Crippen LogP contribution >= 0.6 is 0 Å². The van der Waals surface area contributed by atoms with Crippen molar-refractivity contribution in [3.8, 4) is 0 Å². The molecule has 0 N–H and O–H groups in total. The summed E-state index contributed by atoms with van der Waals surface area (Å²) in [6.45, 7) is 2.23. The van der Waals surface area contributed by atoms with Crippen LogP contribution in [0.5, 0.6) is 0 Å². The second-order valence-electron chi connectivity index (χ2n) is 7.04. The highest BCUT2D eigenvalue weighted by molar-refractivity contribution is 5.86. The Morgan fingerprint density at radius 2 is 1.21 bits per heavy atom. The van der Waals surface area contributed by atoms with Gasteiger partial charge in [0.05, 0.1) is 11.4 Å². The molecule has 0 saturated carbocycles. The lowest BCUT2D eigenvalue weighted by Crippen LogP contribution is -2.25. The topological polar surface area (TPSA) is 31.2 Å². The summed E-state index contributed by atoms with van der Waals surface area (Å²) in [7, 11) is 4.32. The van der Waals surface area contributed by atoms with Crippen LogP contribution in [0.15, 0.2) is 34.3 Å². The minimum atomic E-state index is 1.02. The minimum Gasteiger partial charge on any atom is -0.363 e. The molecule has 2 aliphatic rings. The van der Waals surface area contributed by atoms with Crippen molar-refractivity contribution >= 4 is 23.0 Å². The zero-order valence-corrected chi connectivity index (χ0v) is 15.2. The maximum Gasteiger partial charge on any atom is 0.105 e. The van der Waals surface area contributed by atoms with E-state index >= 15 is 0 Å². The van der Waals surface area contributed by atoms with Crippen molar-refractivity contribution in [2.24, 2.45) is 9.98 Å². The van der Waals surface area contributed by atoms with Gasteiger partial charge in [-0.05, 0) is 43.9 Å². The number of amidine groups is 2. The van der Waals surface area contributed by atoms with Crippen molar-refractivity contribution in [3.05, 3.63) is 24.3 Å². The molecule has 130 valence electrons. The monoisotopic (exact) mass is 326 g/mol. The second kappa shape index (κ2) is 8.32. The van der Waals surface area contributed by atoms with Crippen LogP contribution in [0.25, 0.3) is 0 Å². The Kier molecular flexibility index (Phi) is 5.89. The average molecular weight is 326 g/mol.